The van der Waals surface area contributed by atoms with Crippen molar-refractivity contribution in [2.24, 2.45) is 0 Å². The summed E-state index contributed by atoms with van der Waals surface area (Å²) in [6.45, 7) is 5.68. The van der Waals surface area contributed by atoms with Crippen LogP contribution in [0.2, 0.25) is 5.02 Å². The average Bonchev–Trinajstić information content (AvgIpc) is 2.67. The lowest BCUT2D eigenvalue weighted by molar-refractivity contribution is 0.102. The van der Waals surface area contributed by atoms with Crippen LogP contribution < -0.4 is 10.0 Å². The van der Waals surface area contributed by atoms with Gasteiger partial charge in [-0.25, -0.2) is 8.42 Å². The third-order valence-electron chi connectivity index (χ3n) is 4.64. The highest BCUT2D eigenvalue weighted by Crippen LogP contribution is 2.27. The first-order chi connectivity index (χ1) is 13.7. The summed E-state index contributed by atoms with van der Waals surface area (Å²) in [5.74, 6) is -0.422. The van der Waals surface area contributed by atoms with E-state index < -0.39 is 15.9 Å². The fraction of sp³-hybridized carbons (Fsp3) is 0.136. The maximum Gasteiger partial charge on any atom is 0.263 e. The number of carbonyl (C=O) groups excluding carboxylic acids is 1. The Hall–Kier alpha value is -2.83. The number of halogens is 1. The Morgan fingerprint density at radius 3 is 2.31 bits per heavy atom. The van der Waals surface area contributed by atoms with Crippen molar-refractivity contribution in [2.75, 3.05) is 10.0 Å². The maximum atomic E-state index is 12.9. The zero-order valence-electron chi connectivity index (χ0n) is 16.3. The molecule has 3 rings (SSSR count). The van der Waals surface area contributed by atoms with Crippen molar-refractivity contribution in [3.8, 4) is 0 Å². The predicted molar refractivity (Wildman–Crippen MR) is 117 cm³/mol. The molecular weight excluding hydrogens is 408 g/mol. The summed E-state index contributed by atoms with van der Waals surface area (Å²) >= 11 is 6.15. The molecule has 0 unspecified atom stereocenters. The summed E-state index contributed by atoms with van der Waals surface area (Å²) in [7, 11) is -3.98. The number of hydrogen-bond donors (Lipinski definition) is 2. The first kappa shape index (κ1) is 20.9. The first-order valence-corrected chi connectivity index (χ1v) is 10.8. The topological polar surface area (TPSA) is 75.3 Å². The molecule has 7 heteroatoms. The summed E-state index contributed by atoms with van der Waals surface area (Å²) in [5.41, 5.74) is 4.13. The maximum absolute atomic E-state index is 12.9. The van der Waals surface area contributed by atoms with Gasteiger partial charge >= 0.3 is 0 Å². The third-order valence-corrected chi connectivity index (χ3v) is 6.49. The SMILES string of the molecule is Cc1ccc(NC(=O)c2ccc(Cl)c(S(=O)(=O)Nc3cccc(C)c3C)c2)cc1. The summed E-state index contributed by atoms with van der Waals surface area (Å²) in [6.07, 6.45) is 0. The fourth-order valence-electron chi connectivity index (χ4n) is 2.75. The van der Waals surface area contributed by atoms with Crippen molar-refractivity contribution in [3.63, 3.8) is 0 Å². The van der Waals surface area contributed by atoms with Gasteiger partial charge in [0.25, 0.3) is 15.9 Å². The number of rotatable bonds is 5. The first-order valence-electron chi connectivity index (χ1n) is 8.94. The summed E-state index contributed by atoms with van der Waals surface area (Å²) in [5, 5.41) is 2.79. The van der Waals surface area contributed by atoms with Gasteiger partial charge in [0.1, 0.15) is 4.90 Å². The predicted octanol–water partition coefficient (Wildman–Crippen LogP) is 5.32. The number of carbonyl (C=O) groups is 1. The minimum atomic E-state index is -3.98. The van der Waals surface area contributed by atoms with Crippen LogP contribution in [0.3, 0.4) is 0 Å². The van der Waals surface area contributed by atoms with Crippen LogP contribution in [-0.4, -0.2) is 14.3 Å². The lowest BCUT2D eigenvalue weighted by atomic mass is 10.1. The normalized spacial score (nSPS) is 11.2. The average molecular weight is 429 g/mol. The van der Waals surface area contributed by atoms with E-state index in [1.807, 2.05) is 39.0 Å². The van der Waals surface area contributed by atoms with Gasteiger partial charge in [-0.05, 0) is 68.3 Å². The number of benzene rings is 3. The van der Waals surface area contributed by atoms with Crippen molar-refractivity contribution in [2.45, 2.75) is 25.7 Å². The monoisotopic (exact) mass is 428 g/mol. The molecule has 0 saturated carbocycles. The molecule has 0 fully saturated rings. The van der Waals surface area contributed by atoms with E-state index in [-0.39, 0.29) is 15.5 Å². The van der Waals surface area contributed by atoms with E-state index in [9.17, 15) is 13.2 Å². The highest BCUT2D eigenvalue weighted by molar-refractivity contribution is 7.92. The number of anilines is 2. The van der Waals surface area contributed by atoms with Crippen LogP contribution in [0.15, 0.2) is 65.6 Å². The van der Waals surface area contributed by atoms with E-state index in [1.165, 1.54) is 18.2 Å². The largest absolute Gasteiger partial charge is 0.322 e. The molecule has 0 bridgehead atoms. The molecule has 5 nitrogen and oxygen atoms in total. The van der Waals surface area contributed by atoms with Crippen LogP contribution in [-0.2, 0) is 10.0 Å². The number of sulfonamides is 1. The van der Waals surface area contributed by atoms with E-state index in [1.54, 1.807) is 24.3 Å². The van der Waals surface area contributed by atoms with Gasteiger partial charge in [0, 0.05) is 11.3 Å². The van der Waals surface area contributed by atoms with Crippen molar-refractivity contribution in [1.82, 2.24) is 0 Å². The van der Waals surface area contributed by atoms with Crippen LogP contribution in [0.25, 0.3) is 0 Å². The Kier molecular flexibility index (Phi) is 5.96. The fourth-order valence-corrected chi connectivity index (χ4v) is 4.40. The molecule has 0 aliphatic carbocycles. The Bertz CT molecular complexity index is 1170. The number of amides is 1. The molecule has 0 heterocycles. The summed E-state index contributed by atoms with van der Waals surface area (Å²) in [4.78, 5) is 12.4. The molecule has 1 amide bonds. The van der Waals surface area contributed by atoms with Crippen LogP contribution in [0.5, 0.6) is 0 Å². The second kappa shape index (κ2) is 8.27. The molecule has 0 aromatic heterocycles. The second-order valence-corrected chi connectivity index (χ2v) is 8.88. The van der Waals surface area contributed by atoms with Crippen LogP contribution in [0.4, 0.5) is 11.4 Å². The molecule has 0 spiro atoms. The molecule has 29 heavy (non-hydrogen) atoms. The Morgan fingerprint density at radius 2 is 1.62 bits per heavy atom. The Balaban J connectivity index is 1.90. The number of hydrogen-bond acceptors (Lipinski definition) is 3. The Labute approximate surface area is 175 Å². The molecule has 0 aliphatic heterocycles. The quantitative estimate of drug-likeness (QED) is 0.577. The van der Waals surface area contributed by atoms with Gasteiger partial charge in [-0.1, -0.05) is 41.4 Å². The van der Waals surface area contributed by atoms with Gasteiger partial charge in [0.2, 0.25) is 0 Å². The molecular formula is C22H21ClN2O3S. The van der Waals surface area contributed by atoms with Gasteiger partial charge in [0.05, 0.1) is 10.7 Å². The smallest absolute Gasteiger partial charge is 0.263 e. The van der Waals surface area contributed by atoms with Crippen molar-refractivity contribution < 1.29 is 13.2 Å². The van der Waals surface area contributed by atoms with Crippen LogP contribution in [0, 0.1) is 20.8 Å². The van der Waals surface area contributed by atoms with E-state index in [0.717, 1.165) is 16.7 Å². The molecule has 3 aromatic rings. The van der Waals surface area contributed by atoms with Crippen molar-refractivity contribution in [1.29, 1.82) is 0 Å². The standard InChI is InChI=1S/C22H21ClN2O3S/c1-14-7-10-18(11-8-14)24-22(26)17-9-12-19(23)21(13-17)29(27,28)25-20-6-4-5-15(2)16(20)3/h4-13,25H,1-3H3,(H,24,26). The van der Waals surface area contributed by atoms with Crippen molar-refractivity contribution in [3.05, 3.63) is 87.9 Å². The van der Waals surface area contributed by atoms with Gasteiger partial charge in [-0.2, -0.15) is 0 Å². The highest BCUT2D eigenvalue weighted by Gasteiger charge is 2.21. The summed E-state index contributed by atoms with van der Waals surface area (Å²) in [6, 6.07) is 16.8. The van der Waals surface area contributed by atoms with E-state index >= 15 is 0 Å². The second-order valence-electron chi connectivity index (χ2n) is 6.82. The summed E-state index contributed by atoms with van der Waals surface area (Å²) < 4.78 is 28.4. The van der Waals surface area contributed by atoms with E-state index in [2.05, 4.69) is 10.0 Å². The van der Waals surface area contributed by atoms with Crippen LogP contribution >= 0.6 is 11.6 Å². The number of aryl methyl sites for hydroxylation is 2. The minimum absolute atomic E-state index is 0.0368. The highest BCUT2D eigenvalue weighted by atomic mass is 35.5. The number of nitrogens with one attached hydrogen (secondary N) is 2. The van der Waals surface area contributed by atoms with Gasteiger partial charge in [-0.15, -0.1) is 0 Å². The molecule has 0 atom stereocenters. The molecule has 0 radical (unpaired) electrons. The Morgan fingerprint density at radius 1 is 0.931 bits per heavy atom. The molecule has 0 aliphatic rings. The van der Waals surface area contributed by atoms with Gasteiger partial charge < -0.3 is 5.32 Å². The molecule has 0 saturated heterocycles. The zero-order chi connectivity index (χ0) is 21.2. The van der Waals surface area contributed by atoms with Crippen LogP contribution in [0.1, 0.15) is 27.0 Å². The van der Waals surface area contributed by atoms with E-state index in [0.29, 0.717) is 11.4 Å². The lowest BCUT2D eigenvalue weighted by Crippen LogP contribution is -2.17. The zero-order valence-corrected chi connectivity index (χ0v) is 17.9. The molecule has 150 valence electrons. The van der Waals surface area contributed by atoms with Gasteiger partial charge in [0.15, 0.2) is 0 Å². The van der Waals surface area contributed by atoms with Gasteiger partial charge in [-0.3, -0.25) is 9.52 Å². The van der Waals surface area contributed by atoms with E-state index in [4.69, 9.17) is 11.6 Å². The lowest BCUT2D eigenvalue weighted by Gasteiger charge is -2.14. The van der Waals surface area contributed by atoms with Crippen molar-refractivity contribution >= 4 is 38.9 Å². The molecule has 2 N–H and O–H groups in total. The molecule has 3 aromatic carbocycles. The third kappa shape index (κ3) is 4.78. The minimum Gasteiger partial charge on any atom is -0.322 e.